The number of benzene rings is 2. The number of hydrogen-bond donors (Lipinski definition) is 1. The largest absolute Gasteiger partial charge is 0.456 e. The quantitative estimate of drug-likeness (QED) is 0.586. The Morgan fingerprint density at radius 1 is 1.08 bits per heavy atom. The van der Waals surface area contributed by atoms with E-state index in [0.29, 0.717) is 16.3 Å². The molecule has 0 unspecified atom stereocenters. The number of amides is 1. The lowest BCUT2D eigenvalue weighted by atomic mass is 10.1. The normalized spacial score (nSPS) is 10.3. The molecule has 0 aliphatic carbocycles. The Balaban J connectivity index is 1.73. The molecule has 0 fully saturated rings. The van der Waals surface area contributed by atoms with Gasteiger partial charge in [0.05, 0.1) is 6.42 Å². The van der Waals surface area contributed by atoms with E-state index < -0.39 is 24.3 Å². The van der Waals surface area contributed by atoms with Gasteiger partial charge in [-0.15, -0.1) is 0 Å². The molecule has 0 aliphatic rings. The van der Waals surface area contributed by atoms with Gasteiger partial charge in [-0.25, -0.2) is 4.39 Å². The summed E-state index contributed by atoms with van der Waals surface area (Å²) in [5.41, 5.74) is 1.68. The van der Waals surface area contributed by atoms with Gasteiger partial charge >= 0.3 is 5.97 Å². The lowest BCUT2D eigenvalue weighted by Gasteiger charge is -2.08. The lowest BCUT2D eigenvalue weighted by Crippen LogP contribution is -2.21. The number of carbonyl (C=O) groups is 3. The van der Waals surface area contributed by atoms with Crippen molar-refractivity contribution in [1.29, 1.82) is 0 Å². The van der Waals surface area contributed by atoms with E-state index in [0.717, 1.165) is 5.56 Å². The summed E-state index contributed by atoms with van der Waals surface area (Å²) in [5.74, 6) is -1.93. The molecule has 5 nitrogen and oxygen atoms in total. The number of hydrogen-bond acceptors (Lipinski definition) is 4. The molecule has 0 aromatic heterocycles. The highest BCUT2D eigenvalue weighted by Crippen LogP contribution is 2.19. The molecule has 1 amide bonds. The van der Waals surface area contributed by atoms with Crippen LogP contribution in [-0.4, -0.2) is 24.3 Å². The smallest absolute Gasteiger partial charge is 0.306 e. The van der Waals surface area contributed by atoms with Crippen molar-refractivity contribution in [3.05, 3.63) is 64.4 Å². The Morgan fingerprint density at radius 3 is 2.42 bits per heavy atom. The van der Waals surface area contributed by atoms with E-state index in [2.05, 4.69) is 5.32 Å². The van der Waals surface area contributed by atoms with E-state index in [1.807, 2.05) is 6.92 Å². The number of aryl methyl sites for hydroxylation is 1. The average molecular weight is 378 g/mol. The van der Waals surface area contributed by atoms with Crippen LogP contribution in [0.25, 0.3) is 0 Å². The minimum atomic E-state index is -0.669. The maximum Gasteiger partial charge on any atom is 0.306 e. The minimum Gasteiger partial charge on any atom is -0.456 e. The molecule has 1 N–H and O–H groups in total. The minimum absolute atomic E-state index is 0.0837. The Kier molecular flexibility index (Phi) is 6.86. The van der Waals surface area contributed by atoms with Gasteiger partial charge in [-0.1, -0.05) is 17.7 Å². The first-order valence-corrected chi connectivity index (χ1v) is 8.23. The van der Waals surface area contributed by atoms with Crippen molar-refractivity contribution in [3.63, 3.8) is 0 Å². The summed E-state index contributed by atoms with van der Waals surface area (Å²) in [6, 6.07) is 10.1. The zero-order valence-corrected chi connectivity index (χ0v) is 14.8. The molecule has 0 aliphatic heterocycles. The molecule has 2 aromatic rings. The van der Waals surface area contributed by atoms with Crippen LogP contribution >= 0.6 is 11.6 Å². The molecule has 0 saturated heterocycles. The second-order valence-corrected chi connectivity index (χ2v) is 6.01. The van der Waals surface area contributed by atoms with Gasteiger partial charge in [0, 0.05) is 22.7 Å². The Hall–Kier alpha value is -2.73. The number of ether oxygens (including phenoxy) is 1. The Morgan fingerprint density at radius 2 is 1.77 bits per heavy atom. The first-order chi connectivity index (χ1) is 12.3. The van der Waals surface area contributed by atoms with Crippen LogP contribution in [0.2, 0.25) is 5.02 Å². The SMILES string of the molecule is Cc1ccc(NC(=O)COC(=O)CCC(=O)c2ccc(F)cc2)cc1Cl. The van der Waals surface area contributed by atoms with Gasteiger partial charge < -0.3 is 10.1 Å². The fraction of sp³-hybridized carbons (Fsp3) is 0.211. The van der Waals surface area contributed by atoms with E-state index in [1.165, 1.54) is 24.3 Å². The summed E-state index contributed by atoms with van der Waals surface area (Å²) >= 11 is 5.97. The summed E-state index contributed by atoms with van der Waals surface area (Å²) < 4.78 is 17.6. The number of ketones is 1. The topological polar surface area (TPSA) is 72.5 Å². The van der Waals surface area contributed by atoms with Gasteiger partial charge in [-0.05, 0) is 48.9 Å². The van der Waals surface area contributed by atoms with Gasteiger partial charge in [-0.2, -0.15) is 0 Å². The average Bonchev–Trinajstić information content (AvgIpc) is 2.61. The van der Waals surface area contributed by atoms with Gasteiger partial charge in [0.1, 0.15) is 5.82 Å². The summed E-state index contributed by atoms with van der Waals surface area (Å²) in [5, 5.41) is 3.07. The van der Waals surface area contributed by atoms with Crippen molar-refractivity contribution in [2.45, 2.75) is 19.8 Å². The molecule has 2 rings (SSSR count). The maximum absolute atomic E-state index is 12.8. The van der Waals surface area contributed by atoms with E-state index in [-0.39, 0.29) is 18.6 Å². The molecule has 0 saturated carbocycles. The van der Waals surface area contributed by atoms with Gasteiger partial charge in [-0.3, -0.25) is 14.4 Å². The van der Waals surface area contributed by atoms with E-state index >= 15 is 0 Å². The van der Waals surface area contributed by atoms with Crippen molar-refractivity contribution < 1.29 is 23.5 Å². The van der Waals surface area contributed by atoms with Gasteiger partial charge in [0.15, 0.2) is 12.4 Å². The van der Waals surface area contributed by atoms with E-state index in [9.17, 15) is 18.8 Å². The van der Waals surface area contributed by atoms with Crippen molar-refractivity contribution in [2.24, 2.45) is 0 Å². The standard InChI is InChI=1S/C19H17ClFNO4/c1-12-2-7-15(10-16(12)20)22-18(24)11-26-19(25)9-8-17(23)13-3-5-14(21)6-4-13/h2-7,10H,8-9,11H2,1H3,(H,22,24). The highest BCUT2D eigenvalue weighted by molar-refractivity contribution is 6.31. The Labute approximate surface area is 155 Å². The molecule has 0 spiro atoms. The summed E-state index contributed by atoms with van der Waals surface area (Å²) in [7, 11) is 0. The van der Waals surface area contributed by atoms with Crippen LogP contribution in [0, 0.1) is 12.7 Å². The third kappa shape index (κ3) is 5.97. The molecule has 0 atom stereocenters. The molecular formula is C19H17ClFNO4. The summed E-state index contributed by atoms with van der Waals surface area (Å²) in [4.78, 5) is 35.3. The van der Waals surface area contributed by atoms with E-state index in [1.54, 1.807) is 18.2 Å². The van der Waals surface area contributed by atoms with Gasteiger partial charge in [0.2, 0.25) is 0 Å². The number of halogens is 2. The summed E-state index contributed by atoms with van der Waals surface area (Å²) in [6.45, 7) is 1.37. The van der Waals surface area contributed by atoms with E-state index in [4.69, 9.17) is 16.3 Å². The van der Waals surface area contributed by atoms with Crippen molar-refractivity contribution in [3.8, 4) is 0 Å². The maximum atomic E-state index is 12.8. The highest BCUT2D eigenvalue weighted by Gasteiger charge is 2.12. The van der Waals surface area contributed by atoms with Crippen LogP contribution in [0.15, 0.2) is 42.5 Å². The summed E-state index contributed by atoms with van der Waals surface area (Å²) in [6.07, 6.45) is -0.250. The zero-order valence-electron chi connectivity index (χ0n) is 14.1. The third-order valence-electron chi connectivity index (χ3n) is 3.54. The van der Waals surface area contributed by atoms with Crippen molar-refractivity contribution in [2.75, 3.05) is 11.9 Å². The number of rotatable bonds is 7. The second kappa shape index (κ2) is 9.10. The molecule has 0 bridgehead atoms. The monoisotopic (exact) mass is 377 g/mol. The molecule has 26 heavy (non-hydrogen) atoms. The first-order valence-electron chi connectivity index (χ1n) is 7.85. The van der Waals surface area contributed by atoms with Crippen LogP contribution in [0.1, 0.15) is 28.8 Å². The van der Waals surface area contributed by atoms with Gasteiger partial charge in [0.25, 0.3) is 5.91 Å². The fourth-order valence-electron chi connectivity index (χ4n) is 2.08. The number of anilines is 1. The number of nitrogens with one attached hydrogen (secondary N) is 1. The van der Waals surface area contributed by atoms with Crippen molar-refractivity contribution in [1.82, 2.24) is 0 Å². The molecule has 136 valence electrons. The van der Waals surface area contributed by atoms with Crippen LogP contribution in [0.4, 0.5) is 10.1 Å². The lowest BCUT2D eigenvalue weighted by molar-refractivity contribution is -0.147. The fourth-order valence-corrected chi connectivity index (χ4v) is 2.26. The molecule has 2 aromatic carbocycles. The van der Waals surface area contributed by atoms with Crippen LogP contribution in [0.3, 0.4) is 0 Å². The predicted molar refractivity (Wildman–Crippen MR) is 95.7 cm³/mol. The first kappa shape index (κ1) is 19.6. The second-order valence-electron chi connectivity index (χ2n) is 5.60. The molecule has 0 radical (unpaired) electrons. The molecular weight excluding hydrogens is 361 g/mol. The molecule has 0 heterocycles. The van der Waals surface area contributed by atoms with Crippen LogP contribution in [0.5, 0.6) is 0 Å². The number of esters is 1. The third-order valence-corrected chi connectivity index (χ3v) is 3.95. The highest BCUT2D eigenvalue weighted by atomic mass is 35.5. The number of carbonyl (C=O) groups excluding carboxylic acids is 3. The van der Waals surface area contributed by atoms with Crippen LogP contribution in [-0.2, 0) is 14.3 Å². The van der Waals surface area contributed by atoms with Crippen LogP contribution < -0.4 is 5.32 Å². The number of Topliss-reactive ketones (excluding diaryl/α,β-unsaturated/α-hetero) is 1. The predicted octanol–water partition coefficient (Wildman–Crippen LogP) is 3.93. The Bertz CT molecular complexity index is 821. The zero-order chi connectivity index (χ0) is 19.1. The molecule has 7 heteroatoms. The van der Waals surface area contributed by atoms with Crippen molar-refractivity contribution >= 4 is 34.9 Å².